The molecule has 0 amide bonds. The average Bonchev–Trinajstić information content (AvgIpc) is 2.35. The molecule has 0 unspecified atom stereocenters. The third-order valence-electron chi connectivity index (χ3n) is 2.69. The molecule has 0 aliphatic heterocycles. The molecule has 0 atom stereocenters. The Morgan fingerprint density at radius 1 is 1.25 bits per heavy atom. The van der Waals surface area contributed by atoms with Crippen LogP contribution in [0.2, 0.25) is 0 Å². The van der Waals surface area contributed by atoms with Crippen LogP contribution in [-0.4, -0.2) is 4.98 Å². The summed E-state index contributed by atoms with van der Waals surface area (Å²) in [5, 5.41) is 2.80. The minimum absolute atomic E-state index is 0.00747. The van der Waals surface area contributed by atoms with Crippen LogP contribution in [0.15, 0.2) is 34.9 Å². The number of nitrogens with one attached hydrogen (secondary N) is 1. The first-order valence-corrected chi connectivity index (χ1v) is 6.42. The Hall–Kier alpha value is -1.76. The number of benzene rings is 1. The predicted octanol–water partition coefficient (Wildman–Crippen LogP) is 4.50. The van der Waals surface area contributed by atoms with E-state index >= 15 is 0 Å². The van der Waals surface area contributed by atoms with E-state index in [2.05, 4.69) is 26.2 Å². The number of hydrogen-bond donors (Lipinski definition) is 2. The molecule has 1 aromatic carbocycles. The lowest BCUT2D eigenvalue weighted by Gasteiger charge is -2.12. The average molecular weight is 346 g/mol. The third kappa shape index (κ3) is 3.22. The molecule has 3 N–H and O–H groups in total. The Balaban J connectivity index is 2.32. The monoisotopic (exact) mass is 345 g/mol. The van der Waals surface area contributed by atoms with Crippen molar-refractivity contribution in [2.24, 2.45) is 0 Å². The molecule has 2 aromatic rings. The van der Waals surface area contributed by atoms with Gasteiger partial charge >= 0.3 is 6.18 Å². The third-order valence-corrected chi connectivity index (χ3v) is 3.38. The Morgan fingerprint density at radius 2 is 1.95 bits per heavy atom. The largest absolute Gasteiger partial charge is 0.417 e. The number of alkyl halides is 3. The lowest BCUT2D eigenvalue weighted by Crippen LogP contribution is -2.07. The number of aromatic nitrogens is 1. The second-order valence-corrected chi connectivity index (χ2v) is 5.10. The van der Waals surface area contributed by atoms with Crippen LogP contribution in [0.3, 0.4) is 0 Å². The topological polar surface area (TPSA) is 50.9 Å². The highest BCUT2D eigenvalue weighted by Crippen LogP contribution is 2.36. The predicted molar refractivity (Wildman–Crippen MR) is 75.8 cm³/mol. The Morgan fingerprint density at radius 3 is 2.55 bits per heavy atom. The molecule has 20 heavy (non-hydrogen) atoms. The van der Waals surface area contributed by atoms with Gasteiger partial charge in [-0.25, -0.2) is 4.98 Å². The van der Waals surface area contributed by atoms with E-state index in [4.69, 9.17) is 5.73 Å². The lowest BCUT2D eigenvalue weighted by atomic mass is 10.2. The summed E-state index contributed by atoms with van der Waals surface area (Å²) < 4.78 is 38.4. The highest BCUT2D eigenvalue weighted by atomic mass is 79.9. The van der Waals surface area contributed by atoms with Gasteiger partial charge in [0.25, 0.3) is 0 Å². The standard InChI is InChI=1S/C13H11BrF3N3/c1-7-6-19-12(5-11(7)18)20-8-2-3-10(14)9(4-8)13(15,16)17/h2-6H,1H3,(H3,18,19,20). The van der Waals surface area contributed by atoms with E-state index < -0.39 is 11.7 Å². The summed E-state index contributed by atoms with van der Waals surface area (Å²) in [5.41, 5.74) is 6.60. The number of nitrogens with zero attached hydrogens (tertiary/aromatic N) is 1. The van der Waals surface area contributed by atoms with Crippen molar-refractivity contribution in [2.75, 3.05) is 11.1 Å². The first kappa shape index (κ1) is 14.6. The minimum atomic E-state index is -4.42. The van der Waals surface area contributed by atoms with Crippen LogP contribution >= 0.6 is 15.9 Å². The molecule has 0 fully saturated rings. The molecule has 0 spiro atoms. The second kappa shape index (κ2) is 5.32. The Labute approximate surface area is 122 Å². The first-order chi connectivity index (χ1) is 9.27. The van der Waals surface area contributed by atoms with Crippen LogP contribution in [0, 0.1) is 6.92 Å². The number of halogens is 4. The molecule has 106 valence electrons. The zero-order valence-electron chi connectivity index (χ0n) is 10.4. The molecule has 0 aliphatic rings. The molecule has 0 bridgehead atoms. The maximum absolute atomic E-state index is 12.8. The van der Waals surface area contributed by atoms with Gasteiger partial charge in [0.2, 0.25) is 0 Å². The summed E-state index contributed by atoms with van der Waals surface area (Å²) in [7, 11) is 0. The van der Waals surface area contributed by atoms with Gasteiger partial charge < -0.3 is 11.1 Å². The molecule has 0 aliphatic carbocycles. The van der Waals surface area contributed by atoms with E-state index in [0.717, 1.165) is 11.6 Å². The van der Waals surface area contributed by atoms with Crippen molar-refractivity contribution in [1.82, 2.24) is 4.98 Å². The molecular weight excluding hydrogens is 335 g/mol. The molecule has 0 radical (unpaired) electrons. The molecule has 2 rings (SSSR count). The quantitative estimate of drug-likeness (QED) is 0.842. The number of hydrogen-bond acceptors (Lipinski definition) is 3. The second-order valence-electron chi connectivity index (χ2n) is 4.24. The van der Waals surface area contributed by atoms with E-state index in [-0.39, 0.29) is 10.2 Å². The Bertz CT molecular complexity index is 641. The van der Waals surface area contributed by atoms with Crippen molar-refractivity contribution in [3.8, 4) is 0 Å². The van der Waals surface area contributed by atoms with Crippen molar-refractivity contribution in [3.63, 3.8) is 0 Å². The van der Waals surface area contributed by atoms with E-state index in [1.54, 1.807) is 19.2 Å². The Kier molecular flexibility index (Phi) is 3.89. The molecule has 0 saturated carbocycles. The van der Waals surface area contributed by atoms with Gasteiger partial charge in [0.1, 0.15) is 5.82 Å². The lowest BCUT2D eigenvalue weighted by molar-refractivity contribution is -0.138. The number of anilines is 3. The van der Waals surface area contributed by atoms with Crippen LogP contribution in [0.25, 0.3) is 0 Å². The number of rotatable bonds is 2. The van der Waals surface area contributed by atoms with Crippen LogP contribution in [0.5, 0.6) is 0 Å². The number of nitrogens with two attached hydrogens (primary N) is 1. The maximum Gasteiger partial charge on any atom is 0.417 e. The maximum atomic E-state index is 12.8. The van der Waals surface area contributed by atoms with Crippen molar-refractivity contribution >= 4 is 33.1 Å². The molecule has 0 saturated heterocycles. The van der Waals surface area contributed by atoms with Crippen molar-refractivity contribution in [1.29, 1.82) is 0 Å². The van der Waals surface area contributed by atoms with E-state index in [1.807, 2.05) is 0 Å². The van der Waals surface area contributed by atoms with Crippen LogP contribution in [0.1, 0.15) is 11.1 Å². The van der Waals surface area contributed by atoms with E-state index in [1.165, 1.54) is 12.1 Å². The first-order valence-electron chi connectivity index (χ1n) is 5.63. The minimum Gasteiger partial charge on any atom is -0.398 e. The molecule has 3 nitrogen and oxygen atoms in total. The van der Waals surface area contributed by atoms with Crippen LogP contribution in [-0.2, 0) is 6.18 Å². The van der Waals surface area contributed by atoms with Gasteiger partial charge in [0, 0.05) is 28.1 Å². The molecule has 7 heteroatoms. The summed E-state index contributed by atoms with van der Waals surface area (Å²) in [6.45, 7) is 1.80. The number of pyridine rings is 1. The van der Waals surface area contributed by atoms with Crippen molar-refractivity contribution < 1.29 is 13.2 Å². The highest BCUT2D eigenvalue weighted by Gasteiger charge is 2.33. The number of nitrogen functional groups attached to an aromatic ring is 1. The molecule has 1 heterocycles. The molecule has 1 aromatic heterocycles. The van der Waals surface area contributed by atoms with Gasteiger partial charge in [-0.15, -0.1) is 0 Å². The van der Waals surface area contributed by atoms with Crippen molar-refractivity contribution in [2.45, 2.75) is 13.1 Å². The van der Waals surface area contributed by atoms with E-state index in [0.29, 0.717) is 11.5 Å². The zero-order chi connectivity index (χ0) is 14.9. The highest BCUT2D eigenvalue weighted by molar-refractivity contribution is 9.10. The zero-order valence-corrected chi connectivity index (χ0v) is 12.0. The van der Waals surface area contributed by atoms with Gasteiger partial charge in [-0.1, -0.05) is 15.9 Å². The fourth-order valence-corrected chi connectivity index (χ4v) is 2.05. The SMILES string of the molecule is Cc1cnc(Nc2ccc(Br)c(C(F)(F)F)c2)cc1N. The van der Waals surface area contributed by atoms with E-state index in [9.17, 15) is 13.2 Å². The van der Waals surface area contributed by atoms with Crippen molar-refractivity contribution in [3.05, 3.63) is 46.1 Å². The van der Waals surface area contributed by atoms with Gasteiger partial charge in [0.05, 0.1) is 5.56 Å². The summed E-state index contributed by atoms with van der Waals surface area (Å²) in [6, 6.07) is 5.45. The van der Waals surface area contributed by atoms with Crippen LogP contribution in [0.4, 0.5) is 30.4 Å². The smallest absolute Gasteiger partial charge is 0.398 e. The van der Waals surface area contributed by atoms with Gasteiger partial charge in [0.15, 0.2) is 0 Å². The molecular formula is C13H11BrF3N3. The summed E-state index contributed by atoms with van der Waals surface area (Å²) in [6.07, 6.45) is -2.86. The summed E-state index contributed by atoms with van der Waals surface area (Å²) in [4.78, 5) is 4.06. The fourth-order valence-electron chi connectivity index (χ4n) is 1.58. The van der Waals surface area contributed by atoms with Gasteiger partial charge in [-0.05, 0) is 30.7 Å². The number of aryl methyl sites for hydroxylation is 1. The van der Waals surface area contributed by atoms with Crippen LogP contribution < -0.4 is 11.1 Å². The normalized spacial score (nSPS) is 11.4. The summed E-state index contributed by atoms with van der Waals surface area (Å²) >= 11 is 2.89. The summed E-state index contributed by atoms with van der Waals surface area (Å²) in [5.74, 6) is 0.392. The van der Waals surface area contributed by atoms with Gasteiger partial charge in [-0.3, -0.25) is 0 Å². The van der Waals surface area contributed by atoms with Gasteiger partial charge in [-0.2, -0.15) is 13.2 Å². The fraction of sp³-hybridized carbons (Fsp3) is 0.154.